The number of aromatic nitrogens is 3. The van der Waals surface area contributed by atoms with Gasteiger partial charge in [0.1, 0.15) is 11.4 Å². The number of likely N-dealkylation sites (tertiary alicyclic amines) is 1. The van der Waals surface area contributed by atoms with Crippen molar-refractivity contribution >= 4 is 22.5 Å². The van der Waals surface area contributed by atoms with Crippen LogP contribution in [0.3, 0.4) is 0 Å². The Morgan fingerprint density at radius 1 is 1.14 bits per heavy atom. The number of nitrogens with one attached hydrogen (secondary N) is 1. The maximum atomic E-state index is 13.1. The minimum Gasteiger partial charge on any atom is -0.497 e. The van der Waals surface area contributed by atoms with E-state index in [2.05, 4.69) is 20.5 Å². The average molecular weight is 410 g/mol. The summed E-state index contributed by atoms with van der Waals surface area (Å²) in [6, 6.07) is 13.5. The Labute approximate surface area is 173 Å². The molecule has 1 aliphatic heterocycles. The Morgan fingerprint density at radius 3 is 2.76 bits per heavy atom. The predicted octanol–water partition coefficient (Wildman–Crippen LogP) is 4.76. The lowest BCUT2D eigenvalue weighted by atomic mass is 10.0. The van der Waals surface area contributed by atoms with Crippen molar-refractivity contribution in [3.05, 3.63) is 54.2 Å². The summed E-state index contributed by atoms with van der Waals surface area (Å²) in [5.74, 6) is 0.814. The number of carbonyl (C=O) groups excluding carboxylic acids is 1. The molecule has 3 aromatic rings. The number of urea groups is 1. The van der Waals surface area contributed by atoms with Gasteiger partial charge in [0.25, 0.3) is 0 Å². The molecule has 2 amide bonds. The van der Waals surface area contributed by atoms with Gasteiger partial charge >= 0.3 is 6.03 Å². The maximum absolute atomic E-state index is 13.1. The largest absolute Gasteiger partial charge is 0.497 e. The summed E-state index contributed by atoms with van der Waals surface area (Å²) in [6.45, 7) is 0.717. The van der Waals surface area contributed by atoms with Crippen LogP contribution in [0.5, 0.6) is 5.75 Å². The molecule has 29 heavy (non-hydrogen) atoms. The monoisotopic (exact) mass is 409 g/mol. The number of hydrogen-bond acceptors (Lipinski definition) is 6. The summed E-state index contributed by atoms with van der Waals surface area (Å²) in [6.07, 6.45) is 5.87. The summed E-state index contributed by atoms with van der Waals surface area (Å²) in [5.41, 5.74) is 1.87. The van der Waals surface area contributed by atoms with E-state index in [1.807, 2.05) is 47.4 Å². The van der Waals surface area contributed by atoms with E-state index in [1.165, 1.54) is 11.3 Å². The third-order valence-corrected chi connectivity index (χ3v) is 5.90. The number of pyridine rings is 1. The number of nitrogens with zero attached hydrogens (tertiary/aromatic N) is 4. The van der Waals surface area contributed by atoms with Crippen LogP contribution < -0.4 is 10.1 Å². The zero-order valence-electron chi connectivity index (χ0n) is 16.2. The van der Waals surface area contributed by atoms with Gasteiger partial charge in [-0.15, -0.1) is 10.2 Å². The molecule has 0 saturated carbocycles. The smallest absolute Gasteiger partial charge is 0.324 e. The molecule has 1 aliphatic rings. The number of rotatable bonds is 4. The third kappa shape index (κ3) is 4.54. The van der Waals surface area contributed by atoms with Crippen LogP contribution >= 0.6 is 11.3 Å². The summed E-state index contributed by atoms with van der Waals surface area (Å²) in [5, 5.41) is 12.4. The van der Waals surface area contributed by atoms with Gasteiger partial charge in [-0.1, -0.05) is 42.4 Å². The van der Waals surface area contributed by atoms with Crippen LogP contribution in [0.4, 0.5) is 9.93 Å². The molecule has 1 N–H and O–H groups in total. The van der Waals surface area contributed by atoms with Gasteiger partial charge in [-0.05, 0) is 42.7 Å². The normalized spacial score (nSPS) is 16.9. The molecule has 1 fully saturated rings. The number of carbonyl (C=O) groups is 1. The van der Waals surface area contributed by atoms with Crippen molar-refractivity contribution < 1.29 is 9.53 Å². The highest BCUT2D eigenvalue weighted by Crippen LogP contribution is 2.32. The fraction of sp³-hybridized carbons (Fsp3) is 0.333. The van der Waals surface area contributed by atoms with E-state index in [-0.39, 0.29) is 12.1 Å². The number of benzene rings is 1. The van der Waals surface area contributed by atoms with Crippen molar-refractivity contribution in [2.45, 2.75) is 31.7 Å². The first-order chi connectivity index (χ1) is 14.2. The van der Waals surface area contributed by atoms with E-state index < -0.39 is 0 Å². The molecular weight excluding hydrogens is 386 g/mol. The topological polar surface area (TPSA) is 80.2 Å². The second-order valence-electron chi connectivity index (χ2n) is 6.89. The molecule has 8 heteroatoms. The van der Waals surface area contributed by atoms with Crippen LogP contribution in [0, 0.1) is 0 Å². The van der Waals surface area contributed by atoms with Gasteiger partial charge in [0.15, 0.2) is 5.01 Å². The molecule has 1 saturated heterocycles. The predicted molar refractivity (Wildman–Crippen MR) is 113 cm³/mol. The molecule has 1 aromatic carbocycles. The van der Waals surface area contributed by atoms with Crippen molar-refractivity contribution in [3.63, 3.8) is 0 Å². The molecule has 1 atom stereocenters. The van der Waals surface area contributed by atoms with E-state index in [0.717, 1.165) is 42.7 Å². The molecule has 0 aliphatic carbocycles. The Morgan fingerprint density at radius 2 is 2.00 bits per heavy atom. The minimum atomic E-state index is -0.142. The average Bonchev–Trinajstić information content (AvgIpc) is 3.09. The Balaban J connectivity index is 1.51. The van der Waals surface area contributed by atoms with E-state index in [9.17, 15) is 4.79 Å². The molecule has 0 spiro atoms. The van der Waals surface area contributed by atoms with Crippen LogP contribution in [0.2, 0.25) is 0 Å². The zero-order valence-corrected chi connectivity index (χ0v) is 17.1. The molecule has 3 heterocycles. The number of amides is 2. The van der Waals surface area contributed by atoms with Crippen LogP contribution in [0.25, 0.3) is 10.7 Å². The first kappa shape index (κ1) is 19.3. The molecule has 7 nitrogen and oxygen atoms in total. The Kier molecular flexibility index (Phi) is 6.00. The molecule has 150 valence electrons. The third-order valence-electron chi connectivity index (χ3n) is 5.04. The highest BCUT2D eigenvalue weighted by Gasteiger charge is 2.27. The number of methoxy groups -OCH3 is 1. The van der Waals surface area contributed by atoms with Crippen molar-refractivity contribution in [1.82, 2.24) is 20.1 Å². The van der Waals surface area contributed by atoms with E-state index in [0.29, 0.717) is 16.7 Å². The molecule has 1 unspecified atom stereocenters. The maximum Gasteiger partial charge on any atom is 0.324 e. The standard InChI is InChI=1S/C21H23N5O2S/c1-28-16-11-9-15(10-12-16)18-8-3-2-6-14-26(18)21(27)23-20-25-24-19(29-20)17-7-4-5-13-22-17/h4-5,7,9-13,18H,2-3,6,8,14H2,1H3,(H,23,25,27). The molecule has 4 rings (SSSR count). The second kappa shape index (κ2) is 9.00. The fourth-order valence-electron chi connectivity index (χ4n) is 3.55. The summed E-state index contributed by atoms with van der Waals surface area (Å²) in [4.78, 5) is 19.3. The van der Waals surface area contributed by atoms with Crippen LogP contribution in [-0.2, 0) is 0 Å². The Bertz CT molecular complexity index is 945. The first-order valence-electron chi connectivity index (χ1n) is 9.71. The lowest BCUT2D eigenvalue weighted by molar-refractivity contribution is 0.189. The summed E-state index contributed by atoms with van der Waals surface area (Å²) >= 11 is 1.33. The number of hydrogen-bond donors (Lipinski definition) is 1. The first-order valence-corrected chi connectivity index (χ1v) is 10.5. The van der Waals surface area contributed by atoms with Gasteiger partial charge < -0.3 is 9.64 Å². The van der Waals surface area contributed by atoms with Gasteiger partial charge in [-0.3, -0.25) is 10.3 Å². The lowest BCUT2D eigenvalue weighted by Crippen LogP contribution is -2.38. The number of ether oxygens (including phenoxy) is 1. The van der Waals surface area contributed by atoms with Crippen molar-refractivity contribution in [2.75, 3.05) is 19.0 Å². The van der Waals surface area contributed by atoms with Gasteiger partial charge in [0.2, 0.25) is 5.13 Å². The molecular formula is C21H23N5O2S. The molecule has 0 radical (unpaired) electrons. The van der Waals surface area contributed by atoms with Gasteiger partial charge in [-0.2, -0.15) is 0 Å². The van der Waals surface area contributed by atoms with Crippen molar-refractivity contribution in [2.24, 2.45) is 0 Å². The van der Waals surface area contributed by atoms with Gasteiger partial charge in [0, 0.05) is 12.7 Å². The molecule has 0 bridgehead atoms. The van der Waals surface area contributed by atoms with Gasteiger partial charge in [0.05, 0.1) is 13.2 Å². The highest BCUT2D eigenvalue weighted by molar-refractivity contribution is 7.18. The zero-order chi connectivity index (χ0) is 20.1. The van der Waals surface area contributed by atoms with Crippen molar-refractivity contribution in [3.8, 4) is 16.5 Å². The second-order valence-corrected chi connectivity index (χ2v) is 7.87. The van der Waals surface area contributed by atoms with Crippen LogP contribution in [0.1, 0.15) is 37.3 Å². The highest BCUT2D eigenvalue weighted by atomic mass is 32.1. The van der Waals surface area contributed by atoms with Gasteiger partial charge in [-0.25, -0.2) is 4.79 Å². The van der Waals surface area contributed by atoms with Crippen LogP contribution in [0.15, 0.2) is 48.7 Å². The minimum absolute atomic E-state index is 0.0339. The molecule has 2 aromatic heterocycles. The van der Waals surface area contributed by atoms with E-state index in [1.54, 1.807) is 13.3 Å². The lowest BCUT2D eigenvalue weighted by Gasteiger charge is -2.30. The fourth-order valence-corrected chi connectivity index (χ4v) is 4.26. The Hall–Kier alpha value is -3.00. The quantitative estimate of drug-likeness (QED) is 0.672. The summed E-state index contributed by atoms with van der Waals surface area (Å²) in [7, 11) is 1.65. The number of anilines is 1. The van der Waals surface area contributed by atoms with E-state index in [4.69, 9.17) is 4.74 Å². The van der Waals surface area contributed by atoms with Crippen molar-refractivity contribution in [1.29, 1.82) is 0 Å². The summed E-state index contributed by atoms with van der Waals surface area (Å²) < 4.78 is 5.26. The van der Waals surface area contributed by atoms with Crippen LogP contribution in [-0.4, -0.2) is 39.8 Å². The SMILES string of the molecule is COc1ccc(C2CCCCCN2C(=O)Nc2nnc(-c3ccccn3)s2)cc1. The van der Waals surface area contributed by atoms with E-state index >= 15 is 0 Å².